The van der Waals surface area contributed by atoms with E-state index in [-0.39, 0.29) is 6.04 Å². The molecule has 2 fully saturated rings. The van der Waals surface area contributed by atoms with Crippen LogP contribution in [-0.2, 0) is 17.9 Å². The van der Waals surface area contributed by atoms with Crippen LogP contribution in [0.1, 0.15) is 43.4 Å². The number of carbonyl (C=O) groups is 1. The summed E-state index contributed by atoms with van der Waals surface area (Å²) in [6, 6.07) is 13.8. The van der Waals surface area contributed by atoms with Gasteiger partial charge in [0, 0.05) is 18.8 Å². The Labute approximate surface area is 160 Å². The Kier molecular flexibility index (Phi) is 5.39. The summed E-state index contributed by atoms with van der Waals surface area (Å²) in [4.78, 5) is 18.3. The van der Waals surface area contributed by atoms with Crippen molar-refractivity contribution in [3.63, 3.8) is 0 Å². The molecule has 1 aromatic heterocycles. The van der Waals surface area contributed by atoms with E-state index in [1.807, 2.05) is 36.4 Å². The molecular weight excluding hydrogens is 340 g/mol. The highest BCUT2D eigenvalue weighted by atomic mass is 16.5. The third-order valence-corrected chi connectivity index (χ3v) is 5.88. The topological polar surface area (TPSA) is 62.7 Å². The zero-order valence-corrected chi connectivity index (χ0v) is 15.5. The Balaban J connectivity index is 1.45. The van der Waals surface area contributed by atoms with Gasteiger partial charge in [-0.1, -0.05) is 31.0 Å². The fourth-order valence-corrected chi connectivity index (χ4v) is 4.61. The lowest BCUT2D eigenvalue weighted by molar-refractivity contribution is -0.142. The highest BCUT2D eigenvalue weighted by Crippen LogP contribution is 2.40. The summed E-state index contributed by atoms with van der Waals surface area (Å²) < 4.78 is 5.88. The summed E-state index contributed by atoms with van der Waals surface area (Å²) >= 11 is 0. The molecule has 2 aromatic rings. The normalized spacial score (nSPS) is 25.1. The largest absolute Gasteiger partial charge is 0.487 e. The quantitative estimate of drug-likeness (QED) is 0.841. The number of likely N-dealkylation sites (tertiary alicyclic amines) is 1. The van der Waals surface area contributed by atoms with Gasteiger partial charge in [-0.25, -0.2) is 0 Å². The zero-order valence-electron chi connectivity index (χ0n) is 15.5. The zero-order chi connectivity index (χ0) is 18.6. The minimum absolute atomic E-state index is 0.365. The number of hydrogen-bond acceptors (Lipinski definition) is 4. The van der Waals surface area contributed by atoms with Crippen LogP contribution in [-0.4, -0.2) is 33.0 Å². The molecule has 1 aliphatic heterocycles. The molecule has 2 aliphatic rings. The lowest BCUT2D eigenvalue weighted by Crippen LogP contribution is -2.41. The highest BCUT2D eigenvalue weighted by Gasteiger charge is 2.44. The van der Waals surface area contributed by atoms with E-state index in [0.717, 1.165) is 36.3 Å². The number of ether oxygens (including phenoxy) is 1. The van der Waals surface area contributed by atoms with Gasteiger partial charge in [-0.3, -0.25) is 14.7 Å². The van der Waals surface area contributed by atoms with Gasteiger partial charge in [0.05, 0.1) is 5.69 Å². The SMILES string of the molecule is O=C(O)C1CC2CCCCC2N1Cc1cccc(OCc2ccccn2)c1. The molecule has 0 radical (unpaired) electrons. The van der Waals surface area contributed by atoms with Crippen LogP contribution in [0, 0.1) is 5.92 Å². The summed E-state index contributed by atoms with van der Waals surface area (Å²) in [5.41, 5.74) is 1.99. The van der Waals surface area contributed by atoms with Crippen LogP contribution >= 0.6 is 0 Å². The van der Waals surface area contributed by atoms with Gasteiger partial charge in [-0.05, 0) is 55.0 Å². The van der Waals surface area contributed by atoms with E-state index in [0.29, 0.717) is 25.1 Å². The van der Waals surface area contributed by atoms with Crippen LogP contribution in [0.15, 0.2) is 48.7 Å². The number of rotatable bonds is 6. The van der Waals surface area contributed by atoms with Crippen molar-refractivity contribution >= 4 is 5.97 Å². The molecule has 1 N–H and O–H groups in total. The minimum Gasteiger partial charge on any atom is -0.487 e. The average molecular weight is 366 g/mol. The summed E-state index contributed by atoms with van der Waals surface area (Å²) in [6.45, 7) is 1.09. The fraction of sp³-hybridized carbons (Fsp3) is 0.455. The first-order valence-electron chi connectivity index (χ1n) is 9.81. The molecule has 5 nitrogen and oxygen atoms in total. The maximum absolute atomic E-state index is 11.8. The van der Waals surface area contributed by atoms with Gasteiger partial charge in [-0.2, -0.15) is 0 Å². The molecular formula is C22H26N2O3. The minimum atomic E-state index is -0.688. The summed E-state index contributed by atoms with van der Waals surface area (Å²) in [5.74, 6) is 0.639. The summed E-state index contributed by atoms with van der Waals surface area (Å²) in [7, 11) is 0. The molecule has 1 aromatic carbocycles. The number of aliphatic carboxylic acids is 1. The van der Waals surface area contributed by atoms with Gasteiger partial charge < -0.3 is 9.84 Å². The van der Waals surface area contributed by atoms with E-state index in [1.54, 1.807) is 6.20 Å². The predicted molar refractivity (Wildman–Crippen MR) is 102 cm³/mol. The lowest BCUT2D eigenvalue weighted by atomic mass is 9.84. The number of carboxylic acids is 1. The summed E-state index contributed by atoms with van der Waals surface area (Å²) in [5, 5.41) is 9.70. The van der Waals surface area contributed by atoms with Gasteiger partial charge in [0.1, 0.15) is 18.4 Å². The Morgan fingerprint density at radius 3 is 2.89 bits per heavy atom. The molecule has 4 rings (SSSR count). The molecule has 0 spiro atoms. The van der Waals surface area contributed by atoms with Crippen molar-refractivity contribution in [2.24, 2.45) is 5.92 Å². The van der Waals surface area contributed by atoms with E-state index >= 15 is 0 Å². The lowest BCUT2D eigenvalue weighted by Gasteiger charge is -2.33. The molecule has 2 heterocycles. The standard InChI is InChI=1S/C22H26N2O3/c25-22(26)21-13-17-7-1-2-10-20(17)24(21)14-16-6-5-9-19(12-16)27-15-18-8-3-4-11-23-18/h3-6,8-9,11-12,17,20-21H,1-2,7,10,13-15H2,(H,25,26). The smallest absolute Gasteiger partial charge is 0.320 e. The number of hydrogen-bond donors (Lipinski definition) is 1. The average Bonchev–Trinajstić information content (AvgIpc) is 3.06. The number of carboxylic acid groups (broad SMARTS) is 1. The van der Waals surface area contributed by atoms with Crippen molar-refractivity contribution in [2.75, 3.05) is 0 Å². The van der Waals surface area contributed by atoms with Crippen LogP contribution in [0.25, 0.3) is 0 Å². The molecule has 1 saturated heterocycles. The Morgan fingerprint density at radius 1 is 1.19 bits per heavy atom. The van der Waals surface area contributed by atoms with Crippen molar-refractivity contribution in [3.05, 3.63) is 59.9 Å². The fourth-order valence-electron chi connectivity index (χ4n) is 4.61. The van der Waals surface area contributed by atoms with Gasteiger partial charge in [-0.15, -0.1) is 0 Å². The van der Waals surface area contributed by atoms with E-state index in [1.165, 1.54) is 12.8 Å². The first-order chi connectivity index (χ1) is 13.2. The van der Waals surface area contributed by atoms with E-state index in [2.05, 4.69) is 16.0 Å². The third-order valence-electron chi connectivity index (χ3n) is 5.88. The molecule has 1 saturated carbocycles. The first kappa shape index (κ1) is 18.0. The third kappa shape index (κ3) is 4.14. The van der Waals surface area contributed by atoms with E-state index < -0.39 is 5.97 Å². The maximum atomic E-state index is 11.8. The van der Waals surface area contributed by atoms with E-state index in [9.17, 15) is 9.90 Å². The van der Waals surface area contributed by atoms with Crippen LogP contribution in [0.5, 0.6) is 5.75 Å². The number of benzene rings is 1. The molecule has 142 valence electrons. The maximum Gasteiger partial charge on any atom is 0.320 e. The molecule has 3 unspecified atom stereocenters. The molecule has 0 amide bonds. The highest BCUT2D eigenvalue weighted by molar-refractivity contribution is 5.74. The molecule has 5 heteroatoms. The molecule has 27 heavy (non-hydrogen) atoms. The van der Waals surface area contributed by atoms with E-state index in [4.69, 9.17) is 4.74 Å². The van der Waals surface area contributed by atoms with Crippen molar-refractivity contribution in [2.45, 2.75) is 57.3 Å². The molecule has 3 atom stereocenters. The van der Waals surface area contributed by atoms with Crippen molar-refractivity contribution in [1.82, 2.24) is 9.88 Å². The van der Waals surface area contributed by atoms with Gasteiger partial charge in [0.2, 0.25) is 0 Å². The predicted octanol–water partition coefficient (Wildman–Crippen LogP) is 3.88. The van der Waals surface area contributed by atoms with Gasteiger partial charge in [0.15, 0.2) is 0 Å². The van der Waals surface area contributed by atoms with Crippen molar-refractivity contribution < 1.29 is 14.6 Å². The second kappa shape index (κ2) is 8.09. The molecule has 1 aliphatic carbocycles. The Bertz CT molecular complexity index is 780. The van der Waals surface area contributed by atoms with Gasteiger partial charge in [0.25, 0.3) is 0 Å². The van der Waals surface area contributed by atoms with Crippen molar-refractivity contribution in [3.8, 4) is 5.75 Å². The Hall–Kier alpha value is -2.40. The van der Waals surface area contributed by atoms with Crippen LogP contribution in [0.2, 0.25) is 0 Å². The monoisotopic (exact) mass is 366 g/mol. The van der Waals surface area contributed by atoms with Crippen LogP contribution < -0.4 is 4.74 Å². The Morgan fingerprint density at radius 2 is 2.07 bits per heavy atom. The first-order valence-corrected chi connectivity index (χ1v) is 9.81. The second-order valence-electron chi connectivity index (χ2n) is 7.63. The molecule has 0 bridgehead atoms. The number of nitrogens with zero attached hydrogens (tertiary/aromatic N) is 2. The van der Waals surface area contributed by atoms with Crippen LogP contribution in [0.3, 0.4) is 0 Å². The van der Waals surface area contributed by atoms with Crippen LogP contribution in [0.4, 0.5) is 0 Å². The van der Waals surface area contributed by atoms with Crippen molar-refractivity contribution in [1.29, 1.82) is 0 Å². The number of fused-ring (bicyclic) bond motifs is 1. The second-order valence-corrected chi connectivity index (χ2v) is 7.63. The number of pyridine rings is 1. The summed E-state index contributed by atoms with van der Waals surface area (Å²) in [6.07, 6.45) is 7.27. The van der Waals surface area contributed by atoms with Gasteiger partial charge >= 0.3 is 5.97 Å². The number of aromatic nitrogens is 1.